The third kappa shape index (κ3) is 3.70. The SMILES string of the molecule is C=N/C=C1/CC(C(=O)OC)CC1=C.CC. The first-order chi connectivity index (χ1) is 7.19. The summed E-state index contributed by atoms with van der Waals surface area (Å²) in [4.78, 5) is 14.8. The van der Waals surface area contributed by atoms with E-state index in [1.165, 1.54) is 7.11 Å². The first-order valence-electron chi connectivity index (χ1n) is 5.10. The van der Waals surface area contributed by atoms with E-state index in [0.29, 0.717) is 12.8 Å². The third-order valence-corrected chi connectivity index (χ3v) is 2.19. The monoisotopic (exact) mass is 209 g/mol. The van der Waals surface area contributed by atoms with Gasteiger partial charge in [-0.3, -0.25) is 9.79 Å². The van der Waals surface area contributed by atoms with Gasteiger partial charge in [0.25, 0.3) is 0 Å². The van der Waals surface area contributed by atoms with Gasteiger partial charge in [-0.1, -0.05) is 20.4 Å². The van der Waals surface area contributed by atoms with Crippen molar-refractivity contribution in [1.29, 1.82) is 0 Å². The Balaban J connectivity index is 0.000000921. The zero-order valence-corrected chi connectivity index (χ0v) is 9.75. The number of rotatable bonds is 2. The molecule has 1 aliphatic rings. The molecular formula is C12H19NO2. The van der Waals surface area contributed by atoms with Crippen LogP contribution in [0.4, 0.5) is 0 Å². The van der Waals surface area contributed by atoms with Crippen molar-refractivity contribution in [2.45, 2.75) is 26.7 Å². The average molecular weight is 209 g/mol. The standard InChI is InChI=1S/C10H13NO2.C2H6/c1-7-4-8(10(12)13-3)5-9(7)6-11-2;1-2/h6,8H,1-2,4-5H2,3H3;1-2H3/b9-6-;. The number of esters is 1. The highest BCUT2D eigenvalue weighted by Crippen LogP contribution is 2.34. The quantitative estimate of drug-likeness (QED) is 0.518. The Morgan fingerprint density at radius 2 is 2.13 bits per heavy atom. The van der Waals surface area contributed by atoms with Gasteiger partial charge in [0.1, 0.15) is 0 Å². The van der Waals surface area contributed by atoms with Crippen molar-refractivity contribution in [3.63, 3.8) is 0 Å². The maximum absolute atomic E-state index is 11.2. The number of aliphatic imine (C=N–C) groups is 1. The van der Waals surface area contributed by atoms with Crippen molar-refractivity contribution < 1.29 is 9.53 Å². The third-order valence-electron chi connectivity index (χ3n) is 2.19. The molecule has 0 aliphatic heterocycles. The van der Waals surface area contributed by atoms with Crippen molar-refractivity contribution in [1.82, 2.24) is 0 Å². The fourth-order valence-corrected chi connectivity index (χ4v) is 1.50. The molecule has 0 aromatic carbocycles. The van der Waals surface area contributed by atoms with Gasteiger partial charge in [0, 0.05) is 6.20 Å². The number of hydrogen-bond acceptors (Lipinski definition) is 3. The summed E-state index contributed by atoms with van der Waals surface area (Å²) in [5, 5.41) is 0. The Morgan fingerprint density at radius 1 is 1.53 bits per heavy atom. The molecule has 0 spiro atoms. The molecule has 1 atom stereocenters. The molecule has 0 saturated heterocycles. The molecular weight excluding hydrogens is 190 g/mol. The number of carbonyl (C=O) groups is 1. The zero-order valence-electron chi connectivity index (χ0n) is 9.75. The minimum absolute atomic E-state index is 0.0782. The van der Waals surface area contributed by atoms with Gasteiger partial charge in [0.2, 0.25) is 0 Å². The Bertz CT molecular complexity index is 279. The van der Waals surface area contributed by atoms with Gasteiger partial charge in [-0.05, 0) is 30.7 Å². The highest BCUT2D eigenvalue weighted by Gasteiger charge is 2.29. The lowest BCUT2D eigenvalue weighted by atomic mass is 10.1. The molecule has 3 nitrogen and oxygen atoms in total. The fraction of sp³-hybridized carbons (Fsp3) is 0.500. The van der Waals surface area contributed by atoms with Crippen LogP contribution in [-0.4, -0.2) is 19.8 Å². The van der Waals surface area contributed by atoms with Crippen molar-refractivity contribution in [2.24, 2.45) is 10.9 Å². The number of hydrogen-bond donors (Lipinski definition) is 0. The molecule has 1 saturated carbocycles. The van der Waals surface area contributed by atoms with E-state index in [0.717, 1.165) is 11.1 Å². The molecule has 1 fully saturated rings. The number of methoxy groups -OCH3 is 1. The summed E-state index contributed by atoms with van der Waals surface area (Å²) in [7, 11) is 1.40. The van der Waals surface area contributed by atoms with Crippen LogP contribution in [-0.2, 0) is 9.53 Å². The highest BCUT2D eigenvalue weighted by atomic mass is 16.5. The number of nitrogens with zero attached hydrogens (tertiary/aromatic N) is 1. The van der Waals surface area contributed by atoms with Gasteiger partial charge in [-0.15, -0.1) is 0 Å². The smallest absolute Gasteiger partial charge is 0.309 e. The predicted octanol–water partition coefficient (Wildman–Crippen LogP) is 2.74. The van der Waals surface area contributed by atoms with E-state index in [4.69, 9.17) is 0 Å². The minimum Gasteiger partial charge on any atom is -0.469 e. The molecule has 15 heavy (non-hydrogen) atoms. The summed E-state index contributed by atoms with van der Waals surface area (Å²) >= 11 is 0. The van der Waals surface area contributed by atoms with Crippen LogP contribution in [0, 0.1) is 5.92 Å². The molecule has 0 aromatic heterocycles. The molecule has 1 unspecified atom stereocenters. The topological polar surface area (TPSA) is 38.7 Å². The molecule has 3 heteroatoms. The Hall–Kier alpha value is -1.38. The highest BCUT2D eigenvalue weighted by molar-refractivity contribution is 5.74. The Kier molecular flexibility index (Phi) is 6.34. The van der Waals surface area contributed by atoms with Crippen molar-refractivity contribution in [3.05, 3.63) is 23.9 Å². The minimum atomic E-state index is -0.173. The van der Waals surface area contributed by atoms with Crippen molar-refractivity contribution in [3.8, 4) is 0 Å². The number of carbonyl (C=O) groups excluding carboxylic acids is 1. The molecule has 0 aromatic rings. The summed E-state index contributed by atoms with van der Waals surface area (Å²) < 4.78 is 4.66. The van der Waals surface area contributed by atoms with E-state index in [1.54, 1.807) is 6.20 Å². The van der Waals surface area contributed by atoms with E-state index in [2.05, 4.69) is 23.0 Å². The molecule has 0 heterocycles. The Morgan fingerprint density at radius 3 is 2.60 bits per heavy atom. The van der Waals surface area contributed by atoms with Gasteiger partial charge < -0.3 is 4.74 Å². The molecule has 1 aliphatic carbocycles. The van der Waals surface area contributed by atoms with E-state index in [9.17, 15) is 4.79 Å². The number of allylic oxidation sites excluding steroid dienone is 2. The van der Waals surface area contributed by atoms with Crippen LogP contribution < -0.4 is 0 Å². The van der Waals surface area contributed by atoms with Crippen LogP contribution in [0.3, 0.4) is 0 Å². The van der Waals surface area contributed by atoms with E-state index >= 15 is 0 Å². The maximum Gasteiger partial charge on any atom is 0.309 e. The molecule has 0 radical (unpaired) electrons. The van der Waals surface area contributed by atoms with Crippen LogP contribution in [0.5, 0.6) is 0 Å². The lowest BCUT2D eigenvalue weighted by Crippen LogP contribution is -2.11. The summed E-state index contributed by atoms with van der Waals surface area (Å²) in [6.45, 7) is 11.2. The van der Waals surface area contributed by atoms with E-state index < -0.39 is 0 Å². The number of ether oxygens (including phenoxy) is 1. The largest absolute Gasteiger partial charge is 0.469 e. The second-order valence-corrected chi connectivity index (χ2v) is 3.07. The summed E-state index contributed by atoms with van der Waals surface area (Å²) in [6, 6.07) is 0. The lowest BCUT2D eigenvalue weighted by molar-refractivity contribution is -0.144. The van der Waals surface area contributed by atoms with E-state index in [-0.39, 0.29) is 11.9 Å². The average Bonchev–Trinajstić information content (AvgIpc) is 2.63. The van der Waals surface area contributed by atoms with Gasteiger partial charge in [0.05, 0.1) is 13.0 Å². The first kappa shape index (κ1) is 13.6. The van der Waals surface area contributed by atoms with E-state index in [1.807, 2.05) is 13.8 Å². The van der Waals surface area contributed by atoms with Gasteiger partial charge >= 0.3 is 5.97 Å². The summed E-state index contributed by atoms with van der Waals surface area (Å²) in [5.41, 5.74) is 1.97. The van der Waals surface area contributed by atoms with Gasteiger partial charge in [0.15, 0.2) is 0 Å². The van der Waals surface area contributed by atoms with Gasteiger partial charge in [-0.2, -0.15) is 0 Å². The lowest BCUT2D eigenvalue weighted by Gasteiger charge is -2.03. The summed E-state index contributed by atoms with van der Waals surface area (Å²) in [5.74, 6) is -0.251. The Labute approximate surface area is 91.5 Å². The maximum atomic E-state index is 11.2. The normalized spacial score (nSPS) is 21.9. The first-order valence-corrected chi connectivity index (χ1v) is 5.10. The van der Waals surface area contributed by atoms with Crippen LogP contribution in [0.1, 0.15) is 26.7 Å². The molecule has 0 amide bonds. The summed E-state index contributed by atoms with van der Waals surface area (Å²) in [6.07, 6.45) is 3.00. The van der Waals surface area contributed by atoms with Crippen LogP contribution >= 0.6 is 0 Å². The molecule has 84 valence electrons. The van der Waals surface area contributed by atoms with Crippen LogP contribution in [0.25, 0.3) is 0 Å². The van der Waals surface area contributed by atoms with Crippen LogP contribution in [0.15, 0.2) is 28.9 Å². The van der Waals surface area contributed by atoms with Crippen LogP contribution in [0.2, 0.25) is 0 Å². The molecule has 0 N–H and O–H groups in total. The fourth-order valence-electron chi connectivity index (χ4n) is 1.50. The molecule has 0 bridgehead atoms. The second kappa shape index (κ2) is 6.98. The predicted molar refractivity (Wildman–Crippen MR) is 62.9 cm³/mol. The zero-order chi connectivity index (χ0) is 11.8. The molecule has 1 rings (SSSR count). The van der Waals surface area contributed by atoms with Crippen molar-refractivity contribution in [2.75, 3.05) is 7.11 Å². The van der Waals surface area contributed by atoms with Gasteiger partial charge in [-0.25, -0.2) is 0 Å². The van der Waals surface area contributed by atoms with Crippen molar-refractivity contribution >= 4 is 12.7 Å². The second-order valence-electron chi connectivity index (χ2n) is 3.07.